The van der Waals surface area contributed by atoms with Crippen molar-refractivity contribution in [1.82, 2.24) is 0 Å². The zero-order valence-corrected chi connectivity index (χ0v) is 12.7. The van der Waals surface area contributed by atoms with Crippen LogP contribution in [0.15, 0.2) is 27.6 Å². The predicted octanol–water partition coefficient (Wildman–Crippen LogP) is 5.09. The summed E-state index contributed by atoms with van der Waals surface area (Å²) in [6.07, 6.45) is 6.83. The molecule has 2 atom stereocenters. The number of benzene rings is 1. The highest BCUT2D eigenvalue weighted by Gasteiger charge is 2.24. The second kappa shape index (κ2) is 6.14. The summed E-state index contributed by atoms with van der Waals surface area (Å²) < 4.78 is 1.06. The zero-order valence-electron chi connectivity index (χ0n) is 10.3. The number of hydrogen-bond donors (Lipinski definition) is 1. The summed E-state index contributed by atoms with van der Waals surface area (Å²) in [7, 11) is 0. The van der Waals surface area contributed by atoms with Crippen LogP contribution in [0, 0.1) is 5.92 Å². The SMILES string of the molecule is CCC1CCCCC1Sc1ccc(Br)cc1N. The van der Waals surface area contributed by atoms with Crippen molar-refractivity contribution in [3.05, 3.63) is 22.7 Å². The van der Waals surface area contributed by atoms with Crippen molar-refractivity contribution in [2.45, 2.75) is 49.2 Å². The molecule has 1 saturated carbocycles. The number of nitrogen functional groups attached to an aromatic ring is 1. The van der Waals surface area contributed by atoms with Crippen molar-refractivity contribution in [2.75, 3.05) is 5.73 Å². The molecular formula is C14H20BrNS. The van der Waals surface area contributed by atoms with Gasteiger partial charge in [0.05, 0.1) is 0 Å². The maximum absolute atomic E-state index is 6.07. The Hall–Kier alpha value is -0.150. The van der Waals surface area contributed by atoms with Crippen LogP contribution in [0.2, 0.25) is 0 Å². The third kappa shape index (κ3) is 3.41. The van der Waals surface area contributed by atoms with E-state index in [1.165, 1.54) is 37.0 Å². The molecule has 0 aromatic heterocycles. The second-order valence-electron chi connectivity index (χ2n) is 4.79. The number of hydrogen-bond acceptors (Lipinski definition) is 2. The van der Waals surface area contributed by atoms with Gasteiger partial charge in [-0.1, -0.05) is 42.1 Å². The Bertz CT molecular complexity index is 380. The van der Waals surface area contributed by atoms with Crippen LogP contribution in [-0.4, -0.2) is 5.25 Å². The lowest BCUT2D eigenvalue weighted by Crippen LogP contribution is -2.21. The van der Waals surface area contributed by atoms with Gasteiger partial charge in [0.15, 0.2) is 0 Å². The van der Waals surface area contributed by atoms with Gasteiger partial charge >= 0.3 is 0 Å². The predicted molar refractivity (Wildman–Crippen MR) is 80.4 cm³/mol. The molecule has 94 valence electrons. The van der Waals surface area contributed by atoms with Crippen LogP contribution in [0.3, 0.4) is 0 Å². The summed E-state index contributed by atoms with van der Waals surface area (Å²) in [5.41, 5.74) is 6.98. The van der Waals surface area contributed by atoms with E-state index >= 15 is 0 Å². The van der Waals surface area contributed by atoms with E-state index in [9.17, 15) is 0 Å². The molecule has 1 aliphatic carbocycles. The Labute approximate surface area is 117 Å². The van der Waals surface area contributed by atoms with Crippen LogP contribution in [0.25, 0.3) is 0 Å². The highest BCUT2D eigenvalue weighted by molar-refractivity contribution is 9.10. The standard InChI is InChI=1S/C14H20BrNS/c1-2-10-5-3-4-6-13(10)17-14-8-7-11(15)9-12(14)16/h7-10,13H,2-6,16H2,1H3. The van der Waals surface area contributed by atoms with Gasteiger partial charge in [0.1, 0.15) is 0 Å². The van der Waals surface area contributed by atoms with Crippen LogP contribution >= 0.6 is 27.7 Å². The molecule has 0 bridgehead atoms. The highest BCUT2D eigenvalue weighted by atomic mass is 79.9. The molecular weight excluding hydrogens is 294 g/mol. The topological polar surface area (TPSA) is 26.0 Å². The third-order valence-corrected chi connectivity index (χ3v) is 5.66. The van der Waals surface area contributed by atoms with Gasteiger partial charge in [-0.15, -0.1) is 11.8 Å². The first-order valence-electron chi connectivity index (χ1n) is 6.42. The first-order chi connectivity index (χ1) is 8.20. The maximum Gasteiger partial charge on any atom is 0.0463 e. The number of halogens is 1. The molecule has 3 heteroatoms. The third-order valence-electron chi connectivity index (χ3n) is 3.61. The Kier molecular flexibility index (Phi) is 4.80. The molecule has 1 aromatic rings. The molecule has 17 heavy (non-hydrogen) atoms. The molecule has 2 N–H and O–H groups in total. The second-order valence-corrected chi connectivity index (χ2v) is 6.99. The molecule has 0 amide bonds. The minimum absolute atomic E-state index is 0.761. The largest absolute Gasteiger partial charge is 0.398 e. The van der Waals surface area contributed by atoms with Crippen molar-refractivity contribution in [2.24, 2.45) is 5.92 Å². The van der Waals surface area contributed by atoms with Gasteiger partial charge in [0.2, 0.25) is 0 Å². The van der Waals surface area contributed by atoms with E-state index in [4.69, 9.17) is 5.73 Å². The molecule has 2 unspecified atom stereocenters. The molecule has 1 aliphatic rings. The number of anilines is 1. The van der Waals surface area contributed by atoms with Crippen LogP contribution in [0.5, 0.6) is 0 Å². The average Bonchev–Trinajstić information content (AvgIpc) is 2.33. The summed E-state index contributed by atoms with van der Waals surface area (Å²) in [6, 6.07) is 6.24. The fourth-order valence-electron chi connectivity index (χ4n) is 2.59. The smallest absolute Gasteiger partial charge is 0.0463 e. The first-order valence-corrected chi connectivity index (χ1v) is 8.09. The Morgan fingerprint density at radius 1 is 1.35 bits per heavy atom. The zero-order chi connectivity index (χ0) is 12.3. The lowest BCUT2D eigenvalue weighted by molar-refractivity contribution is 0.361. The van der Waals surface area contributed by atoms with Gasteiger partial charge in [-0.05, 0) is 37.0 Å². The Morgan fingerprint density at radius 2 is 2.12 bits per heavy atom. The summed E-state index contributed by atoms with van der Waals surface area (Å²) in [4.78, 5) is 1.25. The van der Waals surface area contributed by atoms with Gasteiger partial charge < -0.3 is 5.73 Å². The maximum atomic E-state index is 6.07. The Morgan fingerprint density at radius 3 is 2.82 bits per heavy atom. The van der Waals surface area contributed by atoms with E-state index in [1.54, 1.807) is 0 Å². The molecule has 0 heterocycles. The van der Waals surface area contributed by atoms with E-state index in [0.29, 0.717) is 0 Å². The molecule has 1 fully saturated rings. The lowest BCUT2D eigenvalue weighted by Gasteiger charge is -2.30. The van der Waals surface area contributed by atoms with Crippen molar-refractivity contribution in [1.29, 1.82) is 0 Å². The van der Waals surface area contributed by atoms with Crippen molar-refractivity contribution in [3.8, 4) is 0 Å². The average molecular weight is 314 g/mol. The summed E-state index contributed by atoms with van der Waals surface area (Å²) in [5, 5.41) is 0.761. The number of thioether (sulfide) groups is 1. The summed E-state index contributed by atoms with van der Waals surface area (Å²) in [5.74, 6) is 0.872. The number of nitrogens with two attached hydrogens (primary N) is 1. The van der Waals surface area contributed by atoms with E-state index in [1.807, 2.05) is 17.8 Å². The minimum Gasteiger partial charge on any atom is -0.398 e. The molecule has 0 saturated heterocycles. The molecule has 0 spiro atoms. The Balaban J connectivity index is 2.08. The van der Waals surface area contributed by atoms with Crippen molar-refractivity contribution < 1.29 is 0 Å². The monoisotopic (exact) mass is 313 g/mol. The fraction of sp³-hybridized carbons (Fsp3) is 0.571. The van der Waals surface area contributed by atoms with Crippen LogP contribution in [0.1, 0.15) is 39.0 Å². The van der Waals surface area contributed by atoms with Gasteiger partial charge in [-0.2, -0.15) is 0 Å². The molecule has 2 rings (SSSR count). The van der Waals surface area contributed by atoms with Gasteiger partial charge in [0, 0.05) is 20.3 Å². The highest BCUT2D eigenvalue weighted by Crippen LogP contribution is 2.41. The molecule has 1 aromatic carbocycles. The molecule has 0 aliphatic heterocycles. The van der Waals surface area contributed by atoms with Crippen molar-refractivity contribution in [3.63, 3.8) is 0 Å². The quantitative estimate of drug-likeness (QED) is 0.786. The van der Waals surface area contributed by atoms with Gasteiger partial charge in [0.25, 0.3) is 0 Å². The van der Waals surface area contributed by atoms with Crippen LogP contribution in [-0.2, 0) is 0 Å². The normalized spacial score (nSPS) is 24.8. The lowest BCUT2D eigenvalue weighted by atomic mass is 9.87. The summed E-state index contributed by atoms with van der Waals surface area (Å²) in [6.45, 7) is 2.31. The fourth-order valence-corrected chi connectivity index (χ4v) is 4.44. The van der Waals surface area contributed by atoms with Gasteiger partial charge in [-0.25, -0.2) is 0 Å². The summed E-state index contributed by atoms with van der Waals surface area (Å²) >= 11 is 5.44. The first kappa shape index (κ1) is 13.3. The molecule has 1 nitrogen and oxygen atoms in total. The van der Waals surface area contributed by atoms with Crippen molar-refractivity contribution >= 4 is 33.4 Å². The van der Waals surface area contributed by atoms with E-state index < -0.39 is 0 Å². The van der Waals surface area contributed by atoms with Crippen LogP contribution in [0.4, 0.5) is 5.69 Å². The minimum atomic E-state index is 0.761. The van der Waals surface area contributed by atoms with Crippen LogP contribution < -0.4 is 5.73 Å². The van der Waals surface area contributed by atoms with Gasteiger partial charge in [-0.3, -0.25) is 0 Å². The van der Waals surface area contributed by atoms with E-state index in [2.05, 4.69) is 35.0 Å². The van der Waals surface area contributed by atoms with E-state index in [-0.39, 0.29) is 0 Å². The molecule has 0 radical (unpaired) electrons. The number of rotatable bonds is 3. The van der Waals surface area contributed by atoms with E-state index in [0.717, 1.165) is 21.3 Å².